The Kier molecular flexibility index (Phi) is 3.08. The van der Waals surface area contributed by atoms with Gasteiger partial charge in [0.2, 0.25) is 0 Å². The van der Waals surface area contributed by atoms with Gasteiger partial charge in [-0.05, 0) is 6.42 Å². The van der Waals surface area contributed by atoms with Crippen LogP contribution in [0.25, 0.3) is 0 Å². The van der Waals surface area contributed by atoms with Gasteiger partial charge in [0.1, 0.15) is 0 Å². The third-order valence-corrected chi connectivity index (χ3v) is 5.27. The zero-order valence-corrected chi connectivity index (χ0v) is 10.1. The van der Waals surface area contributed by atoms with E-state index in [4.69, 9.17) is 4.74 Å². The number of rotatable bonds is 3. The summed E-state index contributed by atoms with van der Waals surface area (Å²) in [5.74, 6) is 0.662. The summed E-state index contributed by atoms with van der Waals surface area (Å²) in [6.45, 7) is 0.496. The molecule has 1 aromatic rings. The van der Waals surface area contributed by atoms with Gasteiger partial charge < -0.3 is 4.74 Å². The van der Waals surface area contributed by atoms with E-state index in [1.807, 2.05) is 5.38 Å². The van der Waals surface area contributed by atoms with E-state index < -0.39 is 9.84 Å². The zero-order valence-electron chi connectivity index (χ0n) is 8.47. The van der Waals surface area contributed by atoms with E-state index in [0.717, 1.165) is 10.7 Å². The van der Waals surface area contributed by atoms with Crippen molar-refractivity contribution in [3.05, 3.63) is 16.1 Å². The third-order valence-electron chi connectivity index (χ3n) is 2.44. The fourth-order valence-electron chi connectivity index (χ4n) is 1.71. The minimum atomic E-state index is -2.81. The maximum atomic E-state index is 11.3. The number of hydrogen-bond acceptors (Lipinski definition) is 5. The van der Waals surface area contributed by atoms with Gasteiger partial charge in [-0.1, -0.05) is 0 Å². The first-order valence-electron chi connectivity index (χ1n) is 4.74. The highest BCUT2D eigenvalue weighted by Gasteiger charge is 2.30. The Balaban J connectivity index is 2.10. The molecule has 4 nitrogen and oxygen atoms in total. The number of aromatic nitrogens is 1. The Bertz CT molecular complexity index is 438. The van der Waals surface area contributed by atoms with Crippen molar-refractivity contribution in [2.45, 2.75) is 18.9 Å². The minimum Gasteiger partial charge on any atom is -0.378 e. The average molecular weight is 247 g/mol. The topological polar surface area (TPSA) is 56.3 Å². The average Bonchev–Trinajstić information content (AvgIpc) is 2.73. The van der Waals surface area contributed by atoms with Crippen LogP contribution in [0.1, 0.15) is 23.0 Å². The standard InChI is InChI=1S/C9H13NO3S2/c1-13-4-8-5-14-9(10-8)7-2-3-15(11,12)6-7/h5,7H,2-4,6H2,1H3. The lowest BCUT2D eigenvalue weighted by atomic mass is 10.1. The van der Waals surface area contributed by atoms with E-state index in [1.54, 1.807) is 7.11 Å². The van der Waals surface area contributed by atoms with E-state index in [9.17, 15) is 8.42 Å². The van der Waals surface area contributed by atoms with Gasteiger partial charge in [-0.3, -0.25) is 0 Å². The molecule has 6 heteroatoms. The van der Waals surface area contributed by atoms with Gasteiger partial charge in [0.15, 0.2) is 9.84 Å². The molecule has 0 amide bonds. The summed E-state index contributed by atoms with van der Waals surface area (Å²) in [6.07, 6.45) is 0.711. The van der Waals surface area contributed by atoms with E-state index in [-0.39, 0.29) is 11.7 Å². The maximum absolute atomic E-state index is 11.3. The van der Waals surface area contributed by atoms with Crippen LogP contribution in [0.15, 0.2) is 5.38 Å². The van der Waals surface area contributed by atoms with Gasteiger partial charge >= 0.3 is 0 Å². The molecule has 0 radical (unpaired) electrons. The lowest BCUT2D eigenvalue weighted by Crippen LogP contribution is -2.03. The molecule has 2 heterocycles. The van der Waals surface area contributed by atoms with Crippen molar-refractivity contribution in [3.8, 4) is 0 Å². The van der Waals surface area contributed by atoms with Crippen LogP contribution in [0, 0.1) is 0 Å². The van der Waals surface area contributed by atoms with Crippen molar-refractivity contribution in [2.75, 3.05) is 18.6 Å². The molecule has 1 atom stereocenters. The van der Waals surface area contributed by atoms with Gasteiger partial charge in [-0.15, -0.1) is 11.3 Å². The normalized spacial score (nSPS) is 24.5. The van der Waals surface area contributed by atoms with Gasteiger partial charge in [0.25, 0.3) is 0 Å². The van der Waals surface area contributed by atoms with E-state index in [0.29, 0.717) is 18.8 Å². The van der Waals surface area contributed by atoms with Gasteiger partial charge in [-0.25, -0.2) is 13.4 Å². The van der Waals surface area contributed by atoms with Gasteiger partial charge in [-0.2, -0.15) is 0 Å². The smallest absolute Gasteiger partial charge is 0.151 e. The highest BCUT2D eigenvalue weighted by molar-refractivity contribution is 7.91. The first kappa shape index (κ1) is 11.0. The van der Waals surface area contributed by atoms with Crippen LogP contribution >= 0.6 is 11.3 Å². The zero-order chi connectivity index (χ0) is 10.9. The van der Waals surface area contributed by atoms with Crippen molar-refractivity contribution in [2.24, 2.45) is 0 Å². The summed E-state index contributed by atoms with van der Waals surface area (Å²) in [5.41, 5.74) is 0.891. The largest absolute Gasteiger partial charge is 0.378 e. The molecule has 84 valence electrons. The molecule has 1 saturated heterocycles. The first-order valence-corrected chi connectivity index (χ1v) is 7.44. The molecule has 1 aliphatic rings. The Hall–Kier alpha value is -0.460. The van der Waals surface area contributed by atoms with Gasteiger partial charge in [0.05, 0.1) is 28.8 Å². The molecule has 0 spiro atoms. The first-order chi connectivity index (χ1) is 7.11. The van der Waals surface area contributed by atoms with E-state index in [1.165, 1.54) is 11.3 Å². The lowest BCUT2D eigenvalue weighted by Gasteiger charge is -2.01. The van der Waals surface area contributed by atoms with Crippen molar-refractivity contribution in [1.82, 2.24) is 4.98 Å². The van der Waals surface area contributed by atoms with Crippen molar-refractivity contribution in [1.29, 1.82) is 0 Å². The van der Waals surface area contributed by atoms with Crippen LogP contribution in [0.3, 0.4) is 0 Å². The number of methoxy groups -OCH3 is 1. The molecule has 0 bridgehead atoms. The van der Waals surface area contributed by atoms with Crippen LogP contribution < -0.4 is 0 Å². The quantitative estimate of drug-likeness (QED) is 0.805. The van der Waals surface area contributed by atoms with E-state index in [2.05, 4.69) is 4.98 Å². The van der Waals surface area contributed by atoms with E-state index >= 15 is 0 Å². The number of nitrogens with zero attached hydrogens (tertiary/aromatic N) is 1. The van der Waals surface area contributed by atoms with Crippen LogP contribution in [0.2, 0.25) is 0 Å². The SMILES string of the molecule is COCc1csc(C2CCS(=O)(=O)C2)n1. The highest BCUT2D eigenvalue weighted by Crippen LogP contribution is 2.30. The molecular formula is C9H13NO3S2. The Labute approximate surface area is 93.2 Å². The van der Waals surface area contributed by atoms with Gasteiger partial charge in [0, 0.05) is 18.4 Å². The second kappa shape index (κ2) is 4.19. The molecule has 15 heavy (non-hydrogen) atoms. The molecule has 1 aliphatic heterocycles. The number of sulfone groups is 1. The predicted octanol–water partition coefficient (Wildman–Crippen LogP) is 1.19. The summed E-state index contributed by atoms with van der Waals surface area (Å²) < 4.78 is 27.6. The van der Waals surface area contributed by atoms with Crippen LogP contribution in [0.5, 0.6) is 0 Å². The monoisotopic (exact) mass is 247 g/mol. The second-order valence-electron chi connectivity index (χ2n) is 3.71. The third kappa shape index (κ3) is 2.56. The molecule has 1 fully saturated rings. The van der Waals surface area contributed by atoms with Crippen LogP contribution in [0.4, 0.5) is 0 Å². The Morgan fingerprint density at radius 1 is 1.67 bits per heavy atom. The summed E-state index contributed by atoms with van der Waals surface area (Å²) in [5, 5.41) is 2.87. The Morgan fingerprint density at radius 3 is 3.07 bits per heavy atom. The number of ether oxygens (including phenoxy) is 1. The highest BCUT2D eigenvalue weighted by atomic mass is 32.2. The molecule has 0 N–H and O–H groups in total. The molecule has 0 aromatic carbocycles. The molecule has 0 aliphatic carbocycles. The molecule has 1 unspecified atom stereocenters. The molecule has 2 rings (SSSR count). The summed E-state index contributed by atoms with van der Waals surface area (Å²) in [7, 11) is -1.19. The van der Waals surface area contributed by atoms with Crippen molar-refractivity contribution < 1.29 is 13.2 Å². The van der Waals surface area contributed by atoms with Crippen molar-refractivity contribution >= 4 is 21.2 Å². The fourth-order valence-corrected chi connectivity index (χ4v) is 4.51. The Morgan fingerprint density at radius 2 is 2.47 bits per heavy atom. The van der Waals surface area contributed by atoms with Crippen LogP contribution in [-0.4, -0.2) is 32.0 Å². The predicted molar refractivity (Wildman–Crippen MR) is 58.8 cm³/mol. The molecular weight excluding hydrogens is 234 g/mol. The summed E-state index contributed by atoms with van der Waals surface area (Å²) in [4.78, 5) is 4.38. The summed E-state index contributed by atoms with van der Waals surface area (Å²) in [6, 6.07) is 0. The van der Waals surface area contributed by atoms with Crippen LogP contribution in [-0.2, 0) is 21.2 Å². The summed E-state index contributed by atoms with van der Waals surface area (Å²) >= 11 is 1.53. The lowest BCUT2D eigenvalue weighted by molar-refractivity contribution is 0.182. The minimum absolute atomic E-state index is 0.102. The number of thiazole rings is 1. The molecule has 1 aromatic heterocycles. The second-order valence-corrected chi connectivity index (χ2v) is 6.83. The molecule has 0 saturated carbocycles. The number of hydrogen-bond donors (Lipinski definition) is 0. The fraction of sp³-hybridized carbons (Fsp3) is 0.667. The van der Waals surface area contributed by atoms with Crippen molar-refractivity contribution in [3.63, 3.8) is 0 Å². The maximum Gasteiger partial charge on any atom is 0.151 e.